The zero-order valence-electron chi connectivity index (χ0n) is 10.3. The summed E-state index contributed by atoms with van der Waals surface area (Å²) in [6.07, 6.45) is 0.169. The monoisotopic (exact) mass is 312 g/mol. The van der Waals surface area contributed by atoms with Gasteiger partial charge in [-0.1, -0.05) is 15.9 Å². The fourth-order valence-electron chi connectivity index (χ4n) is 2.40. The van der Waals surface area contributed by atoms with Gasteiger partial charge < -0.3 is 15.3 Å². The molecule has 2 N–H and O–H groups in total. The maximum absolute atomic E-state index is 10.9. The molecule has 0 amide bonds. The normalized spacial score (nSPS) is 19.9. The van der Waals surface area contributed by atoms with Gasteiger partial charge in [-0.2, -0.15) is 0 Å². The molecule has 0 saturated carbocycles. The SMILES string of the molecule is Cc1cc(Br)ccc1N1CCNCC1CC(=O)O. The number of halogens is 1. The molecule has 1 aromatic rings. The number of aryl methyl sites for hydroxylation is 1. The van der Waals surface area contributed by atoms with E-state index in [1.165, 1.54) is 5.56 Å². The van der Waals surface area contributed by atoms with Crippen molar-refractivity contribution in [3.05, 3.63) is 28.2 Å². The summed E-state index contributed by atoms with van der Waals surface area (Å²) in [4.78, 5) is 13.1. The van der Waals surface area contributed by atoms with Crippen LogP contribution in [0.25, 0.3) is 0 Å². The zero-order chi connectivity index (χ0) is 13.1. The molecule has 1 saturated heterocycles. The maximum Gasteiger partial charge on any atom is 0.305 e. The highest BCUT2D eigenvalue weighted by molar-refractivity contribution is 9.10. The molecule has 1 aliphatic heterocycles. The number of carboxylic acids is 1. The van der Waals surface area contributed by atoms with Gasteiger partial charge in [0.2, 0.25) is 0 Å². The third-order valence-corrected chi connectivity index (χ3v) is 3.72. The van der Waals surface area contributed by atoms with Crippen LogP contribution >= 0.6 is 15.9 Å². The van der Waals surface area contributed by atoms with Gasteiger partial charge in [0, 0.05) is 29.8 Å². The first-order valence-electron chi connectivity index (χ1n) is 6.03. The summed E-state index contributed by atoms with van der Waals surface area (Å²) in [5.41, 5.74) is 2.30. The maximum atomic E-state index is 10.9. The number of nitrogens with zero attached hydrogens (tertiary/aromatic N) is 1. The summed E-state index contributed by atoms with van der Waals surface area (Å²) in [6.45, 7) is 4.52. The van der Waals surface area contributed by atoms with E-state index in [1.807, 2.05) is 6.07 Å². The Bertz CT molecular complexity index is 451. The van der Waals surface area contributed by atoms with Crippen molar-refractivity contribution in [2.24, 2.45) is 0 Å². The topological polar surface area (TPSA) is 52.6 Å². The van der Waals surface area contributed by atoms with E-state index in [2.05, 4.69) is 45.2 Å². The molecule has 2 rings (SSSR count). The van der Waals surface area contributed by atoms with Crippen LogP contribution in [-0.4, -0.2) is 36.8 Å². The third kappa shape index (κ3) is 3.03. The van der Waals surface area contributed by atoms with Crippen LogP contribution in [-0.2, 0) is 4.79 Å². The van der Waals surface area contributed by atoms with E-state index in [0.29, 0.717) is 0 Å². The molecule has 1 atom stereocenters. The van der Waals surface area contributed by atoms with Crippen molar-refractivity contribution in [3.8, 4) is 0 Å². The van der Waals surface area contributed by atoms with Crippen molar-refractivity contribution >= 4 is 27.6 Å². The van der Waals surface area contributed by atoms with Crippen LogP contribution in [0.4, 0.5) is 5.69 Å². The average molecular weight is 313 g/mol. The molecule has 1 heterocycles. The highest BCUT2D eigenvalue weighted by Gasteiger charge is 2.25. The van der Waals surface area contributed by atoms with Crippen LogP contribution in [0.1, 0.15) is 12.0 Å². The first kappa shape index (κ1) is 13.4. The van der Waals surface area contributed by atoms with Gasteiger partial charge >= 0.3 is 5.97 Å². The number of carboxylic acid groups (broad SMARTS) is 1. The van der Waals surface area contributed by atoms with Crippen molar-refractivity contribution in [1.82, 2.24) is 5.32 Å². The molecule has 5 heteroatoms. The number of hydrogen-bond acceptors (Lipinski definition) is 3. The standard InChI is InChI=1S/C13H17BrN2O2/c1-9-6-10(14)2-3-12(9)16-5-4-15-8-11(16)7-13(17)18/h2-3,6,11,15H,4-5,7-8H2,1H3,(H,17,18). The zero-order valence-corrected chi connectivity index (χ0v) is 11.9. The molecule has 1 aliphatic rings. The molecule has 0 spiro atoms. The third-order valence-electron chi connectivity index (χ3n) is 3.23. The summed E-state index contributed by atoms with van der Waals surface area (Å²) in [5, 5.41) is 12.2. The molecule has 0 bridgehead atoms. The van der Waals surface area contributed by atoms with Gasteiger partial charge in [-0.05, 0) is 30.7 Å². The van der Waals surface area contributed by atoms with Gasteiger partial charge in [0.25, 0.3) is 0 Å². The molecular weight excluding hydrogens is 296 g/mol. The number of aliphatic carboxylic acids is 1. The van der Waals surface area contributed by atoms with Crippen LogP contribution in [0.15, 0.2) is 22.7 Å². The second-order valence-corrected chi connectivity index (χ2v) is 5.50. The molecule has 0 aromatic heterocycles. The minimum absolute atomic E-state index is 0.0242. The molecule has 1 unspecified atom stereocenters. The summed E-state index contributed by atoms with van der Waals surface area (Å²) < 4.78 is 1.05. The first-order chi connectivity index (χ1) is 8.58. The van der Waals surface area contributed by atoms with Crippen LogP contribution in [0.5, 0.6) is 0 Å². The van der Waals surface area contributed by atoms with Crippen LogP contribution in [0.3, 0.4) is 0 Å². The Labute approximate surface area is 115 Å². The van der Waals surface area contributed by atoms with E-state index in [9.17, 15) is 4.79 Å². The summed E-state index contributed by atoms with van der Waals surface area (Å²) in [6, 6.07) is 6.15. The Morgan fingerprint density at radius 2 is 2.39 bits per heavy atom. The minimum Gasteiger partial charge on any atom is -0.481 e. The molecule has 1 aromatic carbocycles. The molecule has 0 aliphatic carbocycles. The van der Waals surface area contributed by atoms with Crippen molar-refractivity contribution in [1.29, 1.82) is 0 Å². The molecule has 1 fully saturated rings. The van der Waals surface area contributed by atoms with Gasteiger partial charge in [0.15, 0.2) is 0 Å². The lowest BCUT2D eigenvalue weighted by Gasteiger charge is -2.38. The lowest BCUT2D eigenvalue weighted by Crippen LogP contribution is -2.52. The van der Waals surface area contributed by atoms with Crippen LogP contribution in [0.2, 0.25) is 0 Å². The van der Waals surface area contributed by atoms with Gasteiger partial charge in [-0.15, -0.1) is 0 Å². The van der Waals surface area contributed by atoms with E-state index in [4.69, 9.17) is 5.11 Å². The number of carbonyl (C=O) groups is 1. The van der Waals surface area contributed by atoms with Gasteiger partial charge in [0.1, 0.15) is 0 Å². The fourth-order valence-corrected chi connectivity index (χ4v) is 2.88. The average Bonchev–Trinajstić information content (AvgIpc) is 2.30. The van der Waals surface area contributed by atoms with E-state index < -0.39 is 5.97 Å². The van der Waals surface area contributed by atoms with Crippen LogP contribution < -0.4 is 10.2 Å². The predicted molar refractivity (Wildman–Crippen MR) is 75.1 cm³/mol. The summed E-state index contributed by atoms with van der Waals surface area (Å²) >= 11 is 3.45. The Hall–Kier alpha value is -1.07. The number of nitrogens with one attached hydrogen (secondary N) is 1. The minimum atomic E-state index is -0.747. The van der Waals surface area contributed by atoms with Crippen LogP contribution in [0, 0.1) is 6.92 Å². The van der Waals surface area contributed by atoms with E-state index in [1.54, 1.807) is 0 Å². The van der Waals surface area contributed by atoms with Crippen molar-refractivity contribution < 1.29 is 9.90 Å². The fraction of sp³-hybridized carbons (Fsp3) is 0.462. The number of benzene rings is 1. The Balaban J connectivity index is 2.24. The number of piperazine rings is 1. The van der Waals surface area contributed by atoms with Crippen molar-refractivity contribution in [2.75, 3.05) is 24.5 Å². The lowest BCUT2D eigenvalue weighted by molar-refractivity contribution is -0.137. The van der Waals surface area contributed by atoms with Gasteiger partial charge in [-0.3, -0.25) is 4.79 Å². The second kappa shape index (κ2) is 5.71. The Morgan fingerprint density at radius 3 is 3.06 bits per heavy atom. The van der Waals surface area contributed by atoms with Gasteiger partial charge in [0.05, 0.1) is 12.5 Å². The molecule has 18 heavy (non-hydrogen) atoms. The molecule has 98 valence electrons. The van der Waals surface area contributed by atoms with E-state index in [0.717, 1.165) is 29.8 Å². The Kier molecular flexibility index (Phi) is 4.24. The van der Waals surface area contributed by atoms with E-state index in [-0.39, 0.29) is 12.5 Å². The quantitative estimate of drug-likeness (QED) is 0.896. The predicted octanol–water partition coefficient (Wildman–Crippen LogP) is 2.01. The molecular formula is C13H17BrN2O2. The summed E-state index contributed by atoms with van der Waals surface area (Å²) in [7, 11) is 0. The number of hydrogen-bond donors (Lipinski definition) is 2. The number of anilines is 1. The molecule has 4 nitrogen and oxygen atoms in total. The Morgan fingerprint density at radius 1 is 1.61 bits per heavy atom. The van der Waals surface area contributed by atoms with E-state index >= 15 is 0 Å². The lowest BCUT2D eigenvalue weighted by atomic mass is 10.1. The van der Waals surface area contributed by atoms with Crippen molar-refractivity contribution in [2.45, 2.75) is 19.4 Å². The number of rotatable bonds is 3. The van der Waals surface area contributed by atoms with Gasteiger partial charge in [-0.25, -0.2) is 0 Å². The molecule has 0 radical (unpaired) electrons. The highest BCUT2D eigenvalue weighted by Crippen LogP contribution is 2.26. The van der Waals surface area contributed by atoms with Crippen molar-refractivity contribution in [3.63, 3.8) is 0 Å². The highest BCUT2D eigenvalue weighted by atomic mass is 79.9. The second-order valence-electron chi connectivity index (χ2n) is 4.58. The first-order valence-corrected chi connectivity index (χ1v) is 6.82. The summed E-state index contributed by atoms with van der Waals surface area (Å²) in [5.74, 6) is -0.747. The smallest absolute Gasteiger partial charge is 0.305 e. The largest absolute Gasteiger partial charge is 0.481 e.